The van der Waals surface area contributed by atoms with Crippen molar-refractivity contribution >= 4 is 33.2 Å². The summed E-state index contributed by atoms with van der Waals surface area (Å²) in [5.41, 5.74) is 6.45. The van der Waals surface area contributed by atoms with E-state index in [1.54, 1.807) is 6.07 Å². The molecule has 0 saturated carbocycles. The Kier molecular flexibility index (Phi) is 2.43. The monoisotopic (exact) mass is 238 g/mol. The van der Waals surface area contributed by atoms with E-state index in [1.807, 2.05) is 6.92 Å². The Morgan fingerprint density at radius 3 is 2.88 bits per heavy atom. The van der Waals surface area contributed by atoms with E-state index in [2.05, 4.69) is 4.98 Å². The molecule has 0 spiro atoms. The van der Waals surface area contributed by atoms with Gasteiger partial charge in [0, 0.05) is 6.07 Å². The first-order valence-electron chi connectivity index (χ1n) is 4.51. The number of aryl methyl sites for hydroxylation is 1. The number of nitrogen functional groups attached to an aromatic ring is 1. The summed E-state index contributed by atoms with van der Waals surface area (Å²) in [6.45, 7) is 1.84. The third-order valence-corrected chi connectivity index (χ3v) is 3.14. The number of carboxylic acid groups (broad SMARTS) is 1. The standard InChI is InChI=1S/C10H10N2O3S/c1-4-12-9-6(16-4)3-5(15-2)7(8(9)11)10(13)14/h3H,11H2,1-2H3,(H,13,14). The van der Waals surface area contributed by atoms with Gasteiger partial charge in [0.25, 0.3) is 0 Å². The van der Waals surface area contributed by atoms with Crippen LogP contribution in [0.3, 0.4) is 0 Å². The molecule has 0 amide bonds. The molecule has 1 heterocycles. The predicted molar refractivity (Wildman–Crippen MR) is 62.3 cm³/mol. The minimum Gasteiger partial charge on any atom is -0.496 e. The molecule has 1 aromatic carbocycles. The molecule has 0 radical (unpaired) electrons. The van der Waals surface area contributed by atoms with E-state index >= 15 is 0 Å². The van der Waals surface area contributed by atoms with Crippen LogP contribution < -0.4 is 10.5 Å². The van der Waals surface area contributed by atoms with Gasteiger partial charge in [0.1, 0.15) is 16.8 Å². The summed E-state index contributed by atoms with van der Waals surface area (Å²) < 4.78 is 5.85. The van der Waals surface area contributed by atoms with Crippen molar-refractivity contribution in [3.05, 3.63) is 16.6 Å². The van der Waals surface area contributed by atoms with Gasteiger partial charge in [0.15, 0.2) is 0 Å². The van der Waals surface area contributed by atoms with Crippen molar-refractivity contribution in [2.45, 2.75) is 6.92 Å². The zero-order valence-corrected chi connectivity index (χ0v) is 9.59. The molecule has 0 unspecified atom stereocenters. The molecular weight excluding hydrogens is 228 g/mol. The molecule has 16 heavy (non-hydrogen) atoms. The Labute approximate surface area is 95.5 Å². The number of nitrogens with two attached hydrogens (primary N) is 1. The highest BCUT2D eigenvalue weighted by Crippen LogP contribution is 2.35. The van der Waals surface area contributed by atoms with Gasteiger partial charge in [-0.05, 0) is 6.92 Å². The molecule has 1 aromatic heterocycles. The van der Waals surface area contributed by atoms with E-state index in [0.717, 1.165) is 9.71 Å². The first-order valence-corrected chi connectivity index (χ1v) is 5.33. The maximum Gasteiger partial charge on any atom is 0.341 e. The van der Waals surface area contributed by atoms with Crippen LogP contribution in [0.1, 0.15) is 15.4 Å². The van der Waals surface area contributed by atoms with Crippen LogP contribution in [0.25, 0.3) is 10.2 Å². The lowest BCUT2D eigenvalue weighted by Gasteiger charge is -2.07. The minimum atomic E-state index is -1.11. The zero-order chi connectivity index (χ0) is 11.9. The average Bonchev–Trinajstić information content (AvgIpc) is 2.58. The number of aromatic nitrogens is 1. The molecule has 2 aromatic rings. The van der Waals surface area contributed by atoms with Crippen molar-refractivity contribution in [2.24, 2.45) is 0 Å². The lowest BCUT2D eigenvalue weighted by atomic mass is 10.1. The second-order valence-electron chi connectivity index (χ2n) is 3.25. The fraction of sp³-hybridized carbons (Fsp3) is 0.200. The van der Waals surface area contributed by atoms with E-state index in [1.165, 1.54) is 18.4 Å². The third kappa shape index (κ3) is 1.47. The molecule has 3 N–H and O–H groups in total. The molecule has 6 heteroatoms. The number of fused-ring (bicyclic) bond motifs is 1. The summed E-state index contributed by atoms with van der Waals surface area (Å²) in [7, 11) is 1.42. The third-order valence-electron chi connectivity index (χ3n) is 2.23. The highest BCUT2D eigenvalue weighted by molar-refractivity contribution is 7.18. The van der Waals surface area contributed by atoms with Crippen molar-refractivity contribution < 1.29 is 14.6 Å². The van der Waals surface area contributed by atoms with Crippen molar-refractivity contribution in [3.8, 4) is 5.75 Å². The second-order valence-corrected chi connectivity index (χ2v) is 4.49. The Balaban J connectivity index is 2.86. The second kappa shape index (κ2) is 3.64. The fourth-order valence-electron chi connectivity index (χ4n) is 1.56. The van der Waals surface area contributed by atoms with E-state index in [-0.39, 0.29) is 17.0 Å². The number of thiazole rings is 1. The molecule has 0 fully saturated rings. The van der Waals surface area contributed by atoms with Crippen LogP contribution in [0.2, 0.25) is 0 Å². The van der Waals surface area contributed by atoms with E-state index in [4.69, 9.17) is 15.6 Å². The summed E-state index contributed by atoms with van der Waals surface area (Å²) in [4.78, 5) is 15.3. The van der Waals surface area contributed by atoms with Crippen LogP contribution >= 0.6 is 11.3 Å². The number of aromatic carboxylic acids is 1. The topological polar surface area (TPSA) is 85.4 Å². The Hall–Kier alpha value is -1.82. The molecule has 0 aliphatic rings. The summed E-state index contributed by atoms with van der Waals surface area (Å²) in [5, 5.41) is 9.90. The van der Waals surface area contributed by atoms with Crippen LogP contribution in [0.15, 0.2) is 6.07 Å². The van der Waals surface area contributed by atoms with Gasteiger partial charge in [0.05, 0.1) is 22.5 Å². The van der Waals surface area contributed by atoms with Gasteiger partial charge in [-0.2, -0.15) is 0 Å². The maximum atomic E-state index is 11.1. The van der Waals surface area contributed by atoms with Crippen molar-refractivity contribution in [3.63, 3.8) is 0 Å². The summed E-state index contributed by atoms with van der Waals surface area (Å²) in [5.74, 6) is -0.844. The Morgan fingerprint density at radius 2 is 2.31 bits per heavy atom. The van der Waals surface area contributed by atoms with Crippen molar-refractivity contribution in [1.29, 1.82) is 0 Å². The minimum absolute atomic E-state index is 0.0275. The molecule has 0 saturated heterocycles. The first kappa shape index (κ1) is 10.7. The van der Waals surface area contributed by atoms with Gasteiger partial charge in [-0.25, -0.2) is 9.78 Å². The molecule has 0 aliphatic carbocycles. The number of rotatable bonds is 2. The first-order chi connectivity index (χ1) is 7.54. The van der Waals surface area contributed by atoms with Gasteiger partial charge < -0.3 is 15.6 Å². The van der Waals surface area contributed by atoms with E-state index < -0.39 is 5.97 Å². The lowest BCUT2D eigenvalue weighted by Crippen LogP contribution is -2.05. The number of benzene rings is 1. The number of carbonyl (C=O) groups is 1. The van der Waals surface area contributed by atoms with Crippen LogP contribution in [-0.2, 0) is 0 Å². The fourth-order valence-corrected chi connectivity index (χ4v) is 2.43. The zero-order valence-electron chi connectivity index (χ0n) is 8.77. The summed E-state index contributed by atoms with van der Waals surface area (Å²) in [6, 6.07) is 1.65. The van der Waals surface area contributed by atoms with E-state index in [0.29, 0.717) is 5.52 Å². The molecule has 0 aliphatic heterocycles. The predicted octanol–water partition coefficient (Wildman–Crippen LogP) is 1.89. The van der Waals surface area contributed by atoms with Crippen molar-refractivity contribution in [2.75, 3.05) is 12.8 Å². The maximum absolute atomic E-state index is 11.1. The molecule has 2 rings (SSSR count). The quantitative estimate of drug-likeness (QED) is 0.780. The molecule has 5 nitrogen and oxygen atoms in total. The van der Waals surface area contributed by atoms with Crippen LogP contribution in [0, 0.1) is 6.92 Å². The Bertz CT molecular complexity index is 577. The summed E-state index contributed by atoms with van der Waals surface area (Å²) in [6.07, 6.45) is 0. The molecule has 0 atom stereocenters. The molecule has 0 bridgehead atoms. The number of nitrogens with zero attached hydrogens (tertiary/aromatic N) is 1. The van der Waals surface area contributed by atoms with Gasteiger partial charge in [0.2, 0.25) is 0 Å². The number of hydrogen-bond donors (Lipinski definition) is 2. The summed E-state index contributed by atoms with van der Waals surface area (Å²) >= 11 is 1.45. The molecule has 84 valence electrons. The van der Waals surface area contributed by atoms with E-state index in [9.17, 15) is 4.79 Å². The number of methoxy groups -OCH3 is 1. The largest absolute Gasteiger partial charge is 0.496 e. The van der Waals surface area contributed by atoms with Crippen LogP contribution in [0.5, 0.6) is 5.75 Å². The number of ether oxygens (including phenoxy) is 1. The highest BCUT2D eigenvalue weighted by Gasteiger charge is 2.20. The smallest absolute Gasteiger partial charge is 0.341 e. The number of hydrogen-bond acceptors (Lipinski definition) is 5. The van der Waals surface area contributed by atoms with Crippen LogP contribution in [-0.4, -0.2) is 23.2 Å². The average molecular weight is 238 g/mol. The van der Waals surface area contributed by atoms with Crippen LogP contribution in [0.4, 0.5) is 5.69 Å². The van der Waals surface area contributed by atoms with Crippen molar-refractivity contribution in [1.82, 2.24) is 4.98 Å². The van der Waals surface area contributed by atoms with Gasteiger partial charge >= 0.3 is 5.97 Å². The lowest BCUT2D eigenvalue weighted by molar-refractivity contribution is 0.0694. The SMILES string of the molecule is COc1cc2sc(C)nc2c(N)c1C(=O)O. The highest BCUT2D eigenvalue weighted by atomic mass is 32.1. The molecular formula is C10H10N2O3S. The Morgan fingerprint density at radius 1 is 1.62 bits per heavy atom. The normalized spacial score (nSPS) is 10.6. The van der Waals surface area contributed by atoms with Gasteiger partial charge in [-0.3, -0.25) is 0 Å². The number of anilines is 1. The number of carboxylic acids is 1. The van der Waals surface area contributed by atoms with Gasteiger partial charge in [-0.15, -0.1) is 11.3 Å². The van der Waals surface area contributed by atoms with Gasteiger partial charge in [-0.1, -0.05) is 0 Å².